The molecule has 0 radical (unpaired) electrons. The van der Waals surface area contributed by atoms with E-state index in [0.29, 0.717) is 15.7 Å². The van der Waals surface area contributed by atoms with Gasteiger partial charge in [-0.1, -0.05) is 35.4 Å². The third kappa shape index (κ3) is 2.75. The Bertz CT molecular complexity index is 778. The summed E-state index contributed by atoms with van der Waals surface area (Å²) in [6, 6.07) is 4.78. The summed E-state index contributed by atoms with van der Waals surface area (Å²) in [7, 11) is 0. The van der Waals surface area contributed by atoms with E-state index in [1.807, 2.05) is 0 Å². The SMILES string of the molecule is O=C(CCN1C(=O)[C@@H]2[C@@H](C1=O)[C@H]1C=C[C@@H]2C1)Nc1ccc(Cl)cc1Cl. The van der Waals surface area contributed by atoms with Crippen LogP contribution in [0.1, 0.15) is 12.8 Å². The predicted octanol–water partition coefficient (Wildman–Crippen LogP) is 3.13. The van der Waals surface area contributed by atoms with Gasteiger partial charge in [0.25, 0.3) is 0 Å². The number of imide groups is 1. The lowest BCUT2D eigenvalue weighted by Gasteiger charge is -2.17. The minimum atomic E-state index is -0.303. The number of carbonyl (C=O) groups is 3. The molecule has 7 heteroatoms. The molecule has 25 heavy (non-hydrogen) atoms. The highest BCUT2D eigenvalue weighted by molar-refractivity contribution is 6.36. The topological polar surface area (TPSA) is 66.5 Å². The molecule has 2 aliphatic carbocycles. The standard InChI is InChI=1S/C18H16Cl2N2O3/c19-11-3-4-13(12(20)8-11)21-14(23)5-6-22-17(24)15-9-1-2-10(7-9)16(15)18(22)25/h1-4,8-10,15-16H,5-7H2,(H,21,23)/t9-,10+,15-,16-/m0/s1. The van der Waals surface area contributed by atoms with Crippen LogP contribution in [0.15, 0.2) is 30.4 Å². The molecule has 4 rings (SSSR count). The van der Waals surface area contributed by atoms with Gasteiger partial charge in [-0.25, -0.2) is 0 Å². The van der Waals surface area contributed by atoms with Crippen molar-refractivity contribution in [1.29, 1.82) is 0 Å². The fraction of sp³-hybridized carbons (Fsp3) is 0.389. The van der Waals surface area contributed by atoms with Gasteiger partial charge >= 0.3 is 0 Å². The molecule has 1 aliphatic heterocycles. The Morgan fingerprint density at radius 3 is 2.36 bits per heavy atom. The van der Waals surface area contributed by atoms with E-state index < -0.39 is 0 Å². The van der Waals surface area contributed by atoms with Gasteiger partial charge < -0.3 is 5.32 Å². The molecule has 1 aromatic rings. The normalized spacial score (nSPS) is 29.4. The van der Waals surface area contributed by atoms with Crippen LogP contribution in [0.4, 0.5) is 5.69 Å². The number of benzene rings is 1. The zero-order valence-corrected chi connectivity index (χ0v) is 14.8. The van der Waals surface area contributed by atoms with E-state index in [4.69, 9.17) is 23.2 Å². The quantitative estimate of drug-likeness (QED) is 0.646. The van der Waals surface area contributed by atoms with E-state index in [1.54, 1.807) is 12.1 Å². The van der Waals surface area contributed by atoms with Crippen molar-refractivity contribution in [3.05, 3.63) is 40.4 Å². The number of fused-ring (bicyclic) bond motifs is 5. The Labute approximate surface area is 155 Å². The van der Waals surface area contributed by atoms with Crippen molar-refractivity contribution in [3.63, 3.8) is 0 Å². The molecule has 1 N–H and O–H groups in total. The van der Waals surface area contributed by atoms with Gasteiger partial charge in [-0.2, -0.15) is 0 Å². The van der Waals surface area contributed by atoms with Crippen LogP contribution in [-0.2, 0) is 14.4 Å². The number of hydrogen-bond acceptors (Lipinski definition) is 3. The highest BCUT2D eigenvalue weighted by Gasteiger charge is 2.58. The summed E-state index contributed by atoms with van der Waals surface area (Å²) in [4.78, 5) is 38.5. The molecule has 0 spiro atoms. The number of halogens is 2. The van der Waals surface area contributed by atoms with Gasteiger partial charge in [-0.05, 0) is 36.5 Å². The lowest BCUT2D eigenvalue weighted by molar-refractivity contribution is -0.140. The molecule has 0 aromatic heterocycles. The Balaban J connectivity index is 1.38. The van der Waals surface area contributed by atoms with E-state index in [0.717, 1.165) is 6.42 Å². The third-order valence-electron chi connectivity index (χ3n) is 5.33. The highest BCUT2D eigenvalue weighted by Crippen LogP contribution is 2.52. The molecular weight excluding hydrogens is 363 g/mol. The molecule has 130 valence electrons. The largest absolute Gasteiger partial charge is 0.325 e. The lowest BCUT2D eigenvalue weighted by Crippen LogP contribution is -2.35. The van der Waals surface area contributed by atoms with Gasteiger partial charge in [0.1, 0.15) is 0 Å². The highest BCUT2D eigenvalue weighted by atomic mass is 35.5. The predicted molar refractivity (Wildman–Crippen MR) is 94.1 cm³/mol. The number of anilines is 1. The minimum absolute atomic E-state index is 0.0403. The summed E-state index contributed by atoms with van der Waals surface area (Å²) < 4.78 is 0. The van der Waals surface area contributed by atoms with Crippen LogP contribution in [-0.4, -0.2) is 29.2 Å². The number of amides is 3. The van der Waals surface area contributed by atoms with E-state index in [2.05, 4.69) is 17.5 Å². The van der Waals surface area contributed by atoms with Gasteiger partial charge in [-0.15, -0.1) is 0 Å². The van der Waals surface area contributed by atoms with E-state index in [-0.39, 0.29) is 54.4 Å². The average molecular weight is 379 g/mol. The maximum Gasteiger partial charge on any atom is 0.233 e. The second-order valence-corrected chi connectivity index (χ2v) is 7.59. The second-order valence-electron chi connectivity index (χ2n) is 6.75. The van der Waals surface area contributed by atoms with Crippen molar-refractivity contribution in [1.82, 2.24) is 4.90 Å². The number of hydrogen-bond donors (Lipinski definition) is 1. The molecule has 2 bridgehead atoms. The number of nitrogens with zero attached hydrogens (tertiary/aromatic N) is 1. The van der Waals surface area contributed by atoms with Crippen LogP contribution in [0.3, 0.4) is 0 Å². The second kappa shape index (κ2) is 6.15. The summed E-state index contributed by atoms with van der Waals surface area (Å²) in [6.45, 7) is 0.0984. The number of likely N-dealkylation sites (tertiary alicyclic amines) is 1. The molecule has 5 nitrogen and oxygen atoms in total. The zero-order chi connectivity index (χ0) is 17.7. The maximum absolute atomic E-state index is 12.6. The van der Waals surface area contributed by atoms with Crippen LogP contribution in [0.5, 0.6) is 0 Å². The molecule has 1 aromatic carbocycles. The molecule has 1 saturated carbocycles. The van der Waals surface area contributed by atoms with Gasteiger partial charge in [-0.3, -0.25) is 19.3 Å². The summed E-state index contributed by atoms with van der Waals surface area (Å²) >= 11 is 11.9. The van der Waals surface area contributed by atoms with Crippen LogP contribution in [0, 0.1) is 23.7 Å². The van der Waals surface area contributed by atoms with Crippen molar-refractivity contribution in [2.75, 3.05) is 11.9 Å². The monoisotopic (exact) mass is 378 g/mol. The van der Waals surface area contributed by atoms with Crippen LogP contribution in [0.2, 0.25) is 10.0 Å². The Hall–Kier alpha value is -1.85. The van der Waals surface area contributed by atoms with Crippen LogP contribution in [0.25, 0.3) is 0 Å². The molecule has 1 heterocycles. The maximum atomic E-state index is 12.6. The summed E-state index contributed by atoms with van der Waals surface area (Å²) in [5, 5.41) is 3.50. The molecular formula is C18H16Cl2N2O3. The van der Waals surface area contributed by atoms with Gasteiger partial charge in [0.2, 0.25) is 17.7 Å². The van der Waals surface area contributed by atoms with E-state index in [9.17, 15) is 14.4 Å². The average Bonchev–Trinajstić information content (AvgIpc) is 3.23. The Morgan fingerprint density at radius 2 is 1.76 bits per heavy atom. The van der Waals surface area contributed by atoms with E-state index >= 15 is 0 Å². The van der Waals surface area contributed by atoms with Crippen LogP contribution < -0.4 is 5.32 Å². The molecule has 2 fully saturated rings. The minimum Gasteiger partial charge on any atom is -0.325 e. The number of allylic oxidation sites excluding steroid dienone is 2. The Morgan fingerprint density at radius 1 is 1.12 bits per heavy atom. The van der Waals surface area contributed by atoms with Crippen molar-refractivity contribution < 1.29 is 14.4 Å². The third-order valence-corrected chi connectivity index (χ3v) is 5.88. The first kappa shape index (κ1) is 16.6. The zero-order valence-electron chi connectivity index (χ0n) is 13.2. The van der Waals surface area contributed by atoms with Crippen LogP contribution >= 0.6 is 23.2 Å². The molecule has 3 amide bonds. The molecule has 3 aliphatic rings. The summed E-state index contributed by atoms with van der Waals surface area (Å²) in [5.41, 5.74) is 0.453. The molecule has 4 atom stereocenters. The molecule has 1 saturated heterocycles. The number of rotatable bonds is 4. The fourth-order valence-electron chi connectivity index (χ4n) is 4.20. The van der Waals surface area contributed by atoms with Gasteiger partial charge in [0, 0.05) is 18.0 Å². The van der Waals surface area contributed by atoms with E-state index in [1.165, 1.54) is 11.0 Å². The smallest absolute Gasteiger partial charge is 0.233 e. The molecule has 0 unspecified atom stereocenters. The lowest BCUT2D eigenvalue weighted by atomic mass is 9.85. The fourth-order valence-corrected chi connectivity index (χ4v) is 4.66. The first-order chi connectivity index (χ1) is 12.0. The number of carbonyl (C=O) groups excluding carboxylic acids is 3. The Kier molecular flexibility index (Phi) is 4.08. The summed E-state index contributed by atoms with van der Waals surface area (Å²) in [5.74, 6) is -0.667. The van der Waals surface area contributed by atoms with Crippen molar-refractivity contribution in [2.45, 2.75) is 12.8 Å². The summed E-state index contributed by atoms with van der Waals surface area (Å²) in [6.07, 6.45) is 5.04. The first-order valence-electron chi connectivity index (χ1n) is 8.24. The van der Waals surface area contributed by atoms with Gasteiger partial charge in [0.05, 0.1) is 22.5 Å². The number of nitrogens with one attached hydrogen (secondary N) is 1. The van der Waals surface area contributed by atoms with Crippen molar-refractivity contribution in [3.8, 4) is 0 Å². The van der Waals surface area contributed by atoms with Gasteiger partial charge in [0.15, 0.2) is 0 Å². The first-order valence-corrected chi connectivity index (χ1v) is 9.00. The van der Waals surface area contributed by atoms with Crippen molar-refractivity contribution in [2.24, 2.45) is 23.7 Å². The van der Waals surface area contributed by atoms with Crippen molar-refractivity contribution >= 4 is 46.6 Å².